The second-order valence-corrected chi connectivity index (χ2v) is 6.11. The first kappa shape index (κ1) is 13.6. The summed E-state index contributed by atoms with van der Waals surface area (Å²) >= 11 is 5.90. The van der Waals surface area contributed by atoms with Crippen LogP contribution in [0.4, 0.5) is 0 Å². The Morgan fingerprint density at radius 2 is 1.90 bits per heavy atom. The number of rotatable bonds is 3. The van der Waals surface area contributed by atoms with Gasteiger partial charge < -0.3 is 10.4 Å². The Kier molecular flexibility index (Phi) is 3.55. The van der Waals surface area contributed by atoms with E-state index < -0.39 is 5.60 Å². The maximum absolute atomic E-state index is 10.9. The van der Waals surface area contributed by atoms with Crippen LogP contribution in [0.5, 0.6) is 0 Å². The summed E-state index contributed by atoms with van der Waals surface area (Å²) in [7, 11) is 0. The van der Waals surface area contributed by atoms with Gasteiger partial charge in [0.25, 0.3) is 0 Å². The molecule has 0 bridgehead atoms. The first-order valence-electron chi connectivity index (χ1n) is 6.84. The fraction of sp³-hybridized carbons (Fsp3) is 0.294. The molecule has 1 aliphatic rings. The third-order valence-corrected chi connectivity index (χ3v) is 4.21. The van der Waals surface area contributed by atoms with E-state index in [0.29, 0.717) is 6.42 Å². The number of hydrogen-bond acceptors (Lipinski definition) is 2. The molecule has 0 fully saturated rings. The van der Waals surface area contributed by atoms with Crippen LogP contribution in [0.3, 0.4) is 0 Å². The number of halogens is 1. The van der Waals surface area contributed by atoms with Crippen LogP contribution in [0, 0.1) is 0 Å². The predicted octanol–water partition coefficient (Wildman–Crippen LogP) is 3.48. The van der Waals surface area contributed by atoms with Crippen LogP contribution in [0.15, 0.2) is 48.5 Å². The van der Waals surface area contributed by atoms with Gasteiger partial charge in [-0.05, 0) is 35.7 Å². The Labute approximate surface area is 124 Å². The number of fused-ring (bicyclic) bond motifs is 1. The highest BCUT2D eigenvalue weighted by Crippen LogP contribution is 2.35. The van der Waals surface area contributed by atoms with Crippen LogP contribution < -0.4 is 5.32 Å². The monoisotopic (exact) mass is 287 g/mol. The van der Waals surface area contributed by atoms with E-state index in [1.54, 1.807) is 0 Å². The summed E-state index contributed by atoms with van der Waals surface area (Å²) in [6.07, 6.45) is 0.593. The molecule has 2 atom stereocenters. The SMILES string of the molecule is CC(O)(Cc1ccc(Cl)cc1)C1NCc2ccccc21. The summed E-state index contributed by atoms with van der Waals surface area (Å²) in [5.74, 6) is 0. The van der Waals surface area contributed by atoms with Crippen molar-refractivity contribution in [2.45, 2.75) is 31.5 Å². The molecule has 0 radical (unpaired) electrons. The van der Waals surface area contributed by atoms with Gasteiger partial charge in [0.15, 0.2) is 0 Å². The predicted molar refractivity (Wildman–Crippen MR) is 81.8 cm³/mol. The lowest BCUT2D eigenvalue weighted by Gasteiger charge is -2.31. The number of benzene rings is 2. The standard InChI is InChI=1S/C17H18ClNO/c1-17(20,10-12-6-8-14(18)9-7-12)16-15-5-3-2-4-13(15)11-19-16/h2-9,16,19-20H,10-11H2,1H3. The second-order valence-electron chi connectivity index (χ2n) is 5.67. The van der Waals surface area contributed by atoms with Gasteiger partial charge in [0.05, 0.1) is 11.6 Å². The fourth-order valence-corrected chi connectivity index (χ4v) is 3.10. The van der Waals surface area contributed by atoms with Crippen molar-refractivity contribution in [1.29, 1.82) is 0 Å². The second kappa shape index (κ2) is 5.21. The average molecular weight is 288 g/mol. The van der Waals surface area contributed by atoms with Gasteiger partial charge in [0.2, 0.25) is 0 Å². The zero-order chi connectivity index (χ0) is 14.2. The zero-order valence-electron chi connectivity index (χ0n) is 11.4. The van der Waals surface area contributed by atoms with E-state index in [4.69, 9.17) is 11.6 Å². The minimum Gasteiger partial charge on any atom is -0.388 e. The molecule has 3 rings (SSSR count). The van der Waals surface area contributed by atoms with E-state index in [-0.39, 0.29) is 6.04 Å². The molecule has 1 heterocycles. The molecule has 0 saturated carbocycles. The highest BCUT2D eigenvalue weighted by atomic mass is 35.5. The third kappa shape index (κ3) is 2.59. The van der Waals surface area contributed by atoms with Crippen LogP contribution in [0.1, 0.15) is 29.7 Å². The van der Waals surface area contributed by atoms with Crippen molar-refractivity contribution in [3.05, 3.63) is 70.2 Å². The maximum atomic E-state index is 10.9. The molecule has 0 saturated heterocycles. The van der Waals surface area contributed by atoms with E-state index in [1.165, 1.54) is 11.1 Å². The number of hydrogen-bond donors (Lipinski definition) is 2. The van der Waals surface area contributed by atoms with Crippen molar-refractivity contribution in [2.75, 3.05) is 0 Å². The molecule has 0 aliphatic carbocycles. The van der Waals surface area contributed by atoms with Crippen molar-refractivity contribution < 1.29 is 5.11 Å². The van der Waals surface area contributed by atoms with Crippen LogP contribution in [-0.4, -0.2) is 10.7 Å². The highest BCUT2D eigenvalue weighted by molar-refractivity contribution is 6.30. The van der Waals surface area contributed by atoms with Gasteiger partial charge in [-0.25, -0.2) is 0 Å². The normalized spacial score (nSPS) is 20.4. The number of aliphatic hydroxyl groups is 1. The minimum absolute atomic E-state index is 0.0330. The summed E-state index contributed by atoms with van der Waals surface area (Å²) < 4.78 is 0. The largest absolute Gasteiger partial charge is 0.388 e. The van der Waals surface area contributed by atoms with Crippen LogP contribution in [0.2, 0.25) is 5.02 Å². The van der Waals surface area contributed by atoms with Crippen molar-refractivity contribution >= 4 is 11.6 Å². The summed E-state index contributed by atoms with van der Waals surface area (Å²) in [5, 5.41) is 15.0. The third-order valence-electron chi connectivity index (χ3n) is 3.96. The highest BCUT2D eigenvalue weighted by Gasteiger charge is 2.37. The van der Waals surface area contributed by atoms with E-state index in [9.17, 15) is 5.11 Å². The van der Waals surface area contributed by atoms with Crippen molar-refractivity contribution in [3.63, 3.8) is 0 Å². The van der Waals surface area contributed by atoms with Gasteiger partial charge in [-0.15, -0.1) is 0 Å². The minimum atomic E-state index is -0.833. The Bertz CT molecular complexity index is 607. The van der Waals surface area contributed by atoms with Crippen molar-refractivity contribution in [1.82, 2.24) is 5.32 Å². The van der Waals surface area contributed by atoms with Crippen LogP contribution >= 0.6 is 11.6 Å². The number of nitrogens with one attached hydrogen (secondary N) is 1. The Morgan fingerprint density at radius 3 is 2.65 bits per heavy atom. The summed E-state index contributed by atoms with van der Waals surface area (Å²) in [6, 6.07) is 15.9. The molecular weight excluding hydrogens is 270 g/mol. The summed E-state index contributed by atoms with van der Waals surface area (Å²) in [4.78, 5) is 0. The van der Waals surface area contributed by atoms with Crippen LogP contribution in [-0.2, 0) is 13.0 Å². The van der Waals surface area contributed by atoms with Crippen molar-refractivity contribution in [3.8, 4) is 0 Å². The zero-order valence-corrected chi connectivity index (χ0v) is 12.2. The molecule has 2 aromatic rings. The first-order chi connectivity index (χ1) is 9.56. The molecule has 2 aromatic carbocycles. The molecule has 104 valence electrons. The molecule has 2 N–H and O–H groups in total. The summed E-state index contributed by atoms with van der Waals surface area (Å²) in [6.45, 7) is 2.71. The lowest BCUT2D eigenvalue weighted by molar-refractivity contribution is 0.0223. The quantitative estimate of drug-likeness (QED) is 0.906. The molecule has 3 heteroatoms. The lowest BCUT2D eigenvalue weighted by atomic mass is 9.85. The van der Waals surface area contributed by atoms with Gasteiger partial charge in [-0.3, -0.25) is 0 Å². The van der Waals surface area contributed by atoms with Crippen LogP contribution in [0.25, 0.3) is 0 Å². The van der Waals surface area contributed by atoms with Gasteiger partial charge in [-0.2, -0.15) is 0 Å². The van der Waals surface area contributed by atoms with Crippen molar-refractivity contribution in [2.24, 2.45) is 0 Å². The average Bonchev–Trinajstić information content (AvgIpc) is 2.86. The molecule has 2 unspecified atom stereocenters. The topological polar surface area (TPSA) is 32.3 Å². The van der Waals surface area contributed by atoms with E-state index >= 15 is 0 Å². The smallest absolute Gasteiger partial charge is 0.0853 e. The summed E-state index contributed by atoms with van der Waals surface area (Å²) in [5.41, 5.74) is 2.73. The Morgan fingerprint density at radius 1 is 1.20 bits per heavy atom. The van der Waals surface area contributed by atoms with E-state index in [1.807, 2.05) is 43.3 Å². The molecule has 0 spiro atoms. The van der Waals surface area contributed by atoms with Gasteiger partial charge >= 0.3 is 0 Å². The molecular formula is C17H18ClNO. The molecule has 2 nitrogen and oxygen atoms in total. The van der Waals surface area contributed by atoms with E-state index in [2.05, 4.69) is 17.4 Å². The molecule has 1 aliphatic heterocycles. The molecule has 20 heavy (non-hydrogen) atoms. The molecule has 0 aromatic heterocycles. The molecule has 0 amide bonds. The first-order valence-corrected chi connectivity index (χ1v) is 7.22. The maximum Gasteiger partial charge on any atom is 0.0853 e. The van der Waals surface area contributed by atoms with Gasteiger partial charge in [0.1, 0.15) is 0 Å². The Balaban J connectivity index is 1.84. The Hall–Kier alpha value is -1.35. The fourth-order valence-electron chi connectivity index (χ4n) is 2.97. The van der Waals surface area contributed by atoms with Gasteiger partial charge in [-0.1, -0.05) is 48.0 Å². The lowest BCUT2D eigenvalue weighted by Crippen LogP contribution is -2.40. The van der Waals surface area contributed by atoms with Gasteiger partial charge in [0, 0.05) is 18.0 Å². The van der Waals surface area contributed by atoms with E-state index in [0.717, 1.165) is 17.1 Å².